The van der Waals surface area contributed by atoms with E-state index in [2.05, 4.69) is 72.0 Å². The number of hydrogen-bond donors (Lipinski definition) is 1. The van der Waals surface area contributed by atoms with Crippen molar-refractivity contribution in [2.45, 2.75) is 27.3 Å². The van der Waals surface area contributed by atoms with Crippen LogP contribution in [0.1, 0.15) is 16.7 Å². The maximum atomic E-state index is 4.49. The van der Waals surface area contributed by atoms with E-state index < -0.39 is 0 Å². The van der Waals surface area contributed by atoms with E-state index in [0.717, 1.165) is 24.3 Å². The Bertz CT molecular complexity index is 754. The average molecular weight is 279 g/mol. The van der Waals surface area contributed by atoms with Gasteiger partial charge in [-0.2, -0.15) is 0 Å². The third kappa shape index (κ3) is 2.92. The average Bonchev–Trinajstić information content (AvgIpc) is 2.84. The lowest BCUT2D eigenvalue weighted by Crippen LogP contribution is -2.09. The number of nitrogens with zero attached hydrogens (tertiary/aromatic N) is 2. The quantitative estimate of drug-likeness (QED) is 0.780. The molecule has 0 saturated heterocycles. The molecule has 21 heavy (non-hydrogen) atoms. The molecule has 3 nitrogen and oxygen atoms in total. The number of nitrogens with one attached hydrogen (secondary N) is 1. The summed E-state index contributed by atoms with van der Waals surface area (Å²) in [5.41, 5.74) is 7.35. The Morgan fingerprint density at radius 2 is 1.71 bits per heavy atom. The van der Waals surface area contributed by atoms with Crippen LogP contribution >= 0.6 is 0 Å². The molecule has 108 valence electrons. The number of aromatic nitrogens is 2. The van der Waals surface area contributed by atoms with Crippen LogP contribution in [0.25, 0.3) is 11.0 Å². The van der Waals surface area contributed by atoms with Gasteiger partial charge in [0.05, 0.1) is 17.4 Å². The number of aryl methyl sites for hydroxylation is 3. The molecule has 0 aliphatic rings. The van der Waals surface area contributed by atoms with Crippen LogP contribution in [-0.2, 0) is 6.54 Å². The van der Waals surface area contributed by atoms with Gasteiger partial charge in [0.1, 0.15) is 0 Å². The predicted molar refractivity (Wildman–Crippen MR) is 88.9 cm³/mol. The van der Waals surface area contributed by atoms with Gasteiger partial charge >= 0.3 is 0 Å². The lowest BCUT2D eigenvalue weighted by molar-refractivity contribution is 0.748. The van der Waals surface area contributed by atoms with Gasteiger partial charge in [-0.15, -0.1) is 0 Å². The van der Waals surface area contributed by atoms with Crippen LogP contribution in [0.3, 0.4) is 0 Å². The van der Waals surface area contributed by atoms with Crippen molar-refractivity contribution in [3.8, 4) is 0 Å². The number of fused-ring (bicyclic) bond motifs is 1. The van der Waals surface area contributed by atoms with Crippen LogP contribution in [0.15, 0.2) is 42.7 Å². The van der Waals surface area contributed by atoms with Gasteiger partial charge in [-0.1, -0.05) is 17.7 Å². The van der Waals surface area contributed by atoms with Crippen LogP contribution in [-0.4, -0.2) is 16.1 Å². The highest BCUT2D eigenvalue weighted by atomic mass is 15.1. The van der Waals surface area contributed by atoms with E-state index in [9.17, 15) is 0 Å². The van der Waals surface area contributed by atoms with Crippen LogP contribution in [0.2, 0.25) is 0 Å². The largest absolute Gasteiger partial charge is 0.383 e. The van der Waals surface area contributed by atoms with Crippen molar-refractivity contribution in [1.82, 2.24) is 9.55 Å². The Balaban J connectivity index is 1.70. The molecule has 0 aliphatic heterocycles. The van der Waals surface area contributed by atoms with Gasteiger partial charge < -0.3 is 9.88 Å². The molecule has 2 aromatic carbocycles. The Labute approximate surface area is 125 Å². The Morgan fingerprint density at radius 1 is 1.00 bits per heavy atom. The Kier molecular flexibility index (Phi) is 3.65. The van der Waals surface area contributed by atoms with Gasteiger partial charge in [0, 0.05) is 18.8 Å². The normalized spacial score (nSPS) is 11.0. The number of hydrogen-bond acceptors (Lipinski definition) is 2. The first-order valence-corrected chi connectivity index (χ1v) is 7.36. The molecule has 0 fully saturated rings. The molecular formula is C18H21N3. The maximum absolute atomic E-state index is 4.49. The zero-order valence-corrected chi connectivity index (χ0v) is 12.9. The molecule has 0 saturated carbocycles. The third-order valence-electron chi connectivity index (χ3n) is 3.97. The summed E-state index contributed by atoms with van der Waals surface area (Å²) in [6, 6.07) is 12.9. The third-order valence-corrected chi connectivity index (χ3v) is 3.97. The van der Waals surface area contributed by atoms with Crippen molar-refractivity contribution in [3.63, 3.8) is 0 Å². The first kappa shape index (κ1) is 13.7. The highest BCUT2D eigenvalue weighted by molar-refractivity contribution is 5.77. The van der Waals surface area contributed by atoms with E-state index in [4.69, 9.17) is 0 Å². The molecule has 1 aromatic heterocycles. The van der Waals surface area contributed by atoms with Gasteiger partial charge in [-0.05, 0) is 56.2 Å². The smallest absolute Gasteiger partial charge is 0.0958 e. The van der Waals surface area contributed by atoms with E-state index in [-0.39, 0.29) is 0 Å². The molecule has 0 bridgehead atoms. The van der Waals surface area contributed by atoms with Crippen molar-refractivity contribution in [2.75, 3.05) is 11.9 Å². The summed E-state index contributed by atoms with van der Waals surface area (Å²) >= 11 is 0. The van der Waals surface area contributed by atoms with Gasteiger partial charge in [0.2, 0.25) is 0 Å². The van der Waals surface area contributed by atoms with E-state index in [1.165, 1.54) is 22.2 Å². The first-order chi connectivity index (χ1) is 10.1. The summed E-state index contributed by atoms with van der Waals surface area (Å²) < 4.78 is 2.21. The lowest BCUT2D eigenvalue weighted by atomic mass is 10.1. The fourth-order valence-electron chi connectivity index (χ4n) is 2.48. The van der Waals surface area contributed by atoms with E-state index >= 15 is 0 Å². The highest BCUT2D eigenvalue weighted by Gasteiger charge is 2.04. The highest BCUT2D eigenvalue weighted by Crippen LogP contribution is 2.18. The van der Waals surface area contributed by atoms with Crippen LogP contribution in [0.4, 0.5) is 5.69 Å². The molecule has 0 atom stereocenters. The fraction of sp³-hybridized carbons (Fsp3) is 0.278. The Hall–Kier alpha value is -2.29. The van der Waals surface area contributed by atoms with E-state index in [0.29, 0.717) is 0 Å². The van der Waals surface area contributed by atoms with Crippen LogP contribution in [0, 0.1) is 20.8 Å². The van der Waals surface area contributed by atoms with Crippen molar-refractivity contribution in [1.29, 1.82) is 0 Å². The molecule has 0 amide bonds. The molecule has 0 radical (unpaired) electrons. The summed E-state index contributed by atoms with van der Waals surface area (Å²) in [5, 5.41) is 3.45. The van der Waals surface area contributed by atoms with Gasteiger partial charge in [-0.3, -0.25) is 0 Å². The van der Waals surface area contributed by atoms with Crippen molar-refractivity contribution >= 4 is 16.7 Å². The topological polar surface area (TPSA) is 29.9 Å². The van der Waals surface area contributed by atoms with Crippen molar-refractivity contribution < 1.29 is 0 Å². The summed E-state index contributed by atoms with van der Waals surface area (Å²) in [6.07, 6.45) is 1.93. The van der Waals surface area contributed by atoms with Gasteiger partial charge in [0.15, 0.2) is 0 Å². The minimum absolute atomic E-state index is 0.890. The molecule has 0 spiro atoms. The first-order valence-electron chi connectivity index (χ1n) is 7.36. The zero-order valence-electron chi connectivity index (χ0n) is 12.9. The summed E-state index contributed by atoms with van der Waals surface area (Å²) in [7, 11) is 0. The van der Waals surface area contributed by atoms with Gasteiger partial charge in [-0.25, -0.2) is 4.98 Å². The molecular weight excluding hydrogens is 258 g/mol. The Morgan fingerprint density at radius 3 is 2.48 bits per heavy atom. The number of rotatable bonds is 4. The summed E-state index contributed by atoms with van der Waals surface area (Å²) in [5.74, 6) is 0. The maximum Gasteiger partial charge on any atom is 0.0958 e. The fourth-order valence-corrected chi connectivity index (χ4v) is 2.48. The van der Waals surface area contributed by atoms with Gasteiger partial charge in [0.25, 0.3) is 0 Å². The molecule has 3 aromatic rings. The standard InChI is InChI=1S/C18H21N3/c1-13-4-6-16(7-5-13)19-8-9-21-12-20-17-10-14(2)15(3)11-18(17)21/h4-7,10-12,19H,8-9H2,1-3H3. The summed E-state index contributed by atoms with van der Waals surface area (Å²) in [6.45, 7) is 8.18. The van der Waals surface area contributed by atoms with E-state index in [1.54, 1.807) is 0 Å². The number of benzene rings is 2. The summed E-state index contributed by atoms with van der Waals surface area (Å²) in [4.78, 5) is 4.49. The monoisotopic (exact) mass is 279 g/mol. The second-order valence-corrected chi connectivity index (χ2v) is 5.66. The second-order valence-electron chi connectivity index (χ2n) is 5.66. The number of imidazole rings is 1. The molecule has 1 heterocycles. The van der Waals surface area contributed by atoms with E-state index in [1.807, 2.05) is 6.33 Å². The van der Waals surface area contributed by atoms with Crippen LogP contribution in [0.5, 0.6) is 0 Å². The predicted octanol–water partition coefficient (Wildman–Crippen LogP) is 4.07. The number of anilines is 1. The molecule has 3 heteroatoms. The molecule has 1 N–H and O–H groups in total. The van der Waals surface area contributed by atoms with Crippen LogP contribution < -0.4 is 5.32 Å². The molecule has 3 rings (SSSR count). The minimum Gasteiger partial charge on any atom is -0.383 e. The second kappa shape index (κ2) is 5.60. The lowest BCUT2D eigenvalue weighted by Gasteiger charge is -2.09. The molecule has 0 aliphatic carbocycles. The molecule has 0 unspecified atom stereocenters. The zero-order chi connectivity index (χ0) is 14.8. The SMILES string of the molecule is Cc1ccc(NCCn2cnc3cc(C)c(C)cc32)cc1. The minimum atomic E-state index is 0.890. The van der Waals surface area contributed by atoms with Crippen molar-refractivity contribution in [3.05, 3.63) is 59.4 Å². The van der Waals surface area contributed by atoms with Crippen molar-refractivity contribution in [2.24, 2.45) is 0 Å².